The standard InChI is InChI=1S/C19H20O2/c1-13-7-3-5-9-17(13)19-12-16(21-14(2)20)11-15-8-4-6-10-18(15)19/h3,5,7,9,11-12H,4,6,8,10H2,1-2H3. The quantitative estimate of drug-likeness (QED) is 0.599. The summed E-state index contributed by atoms with van der Waals surface area (Å²) in [5.74, 6) is 0.405. The van der Waals surface area contributed by atoms with Crippen molar-refractivity contribution in [3.63, 3.8) is 0 Å². The highest BCUT2D eigenvalue weighted by Gasteiger charge is 2.17. The van der Waals surface area contributed by atoms with Crippen molar-refractivity contribution in [1.82, 2.24) is 0 Å². The topological polar surface area (TPSA) is 26.3 Å². The zero-order valence-corrected chi connectivity index (χ0v) is 12.6. The van der Waals surface area contributed by atoms with Gasteiger partial charge in [-0.25, -0.2) is 0 Å². The summed E-state index contributed by atoms with van der Waals surface area (Å²) in [4.78, 5) is 11.3. The Morgan fingerprint density at radius 2 is 1.81 bits per heavy atom. The first kappa shape index (κ1) is 13.9. The van der Waals surface area contributed by atoms with E-state index < -0.39 is 0 Å². The number of carbonyl (C=O) groups is 1. The van der Waals surface area contributed by atoms with E-state index in [0.29, 0.717) is 5.75 Å². The van der Waals surface area contributed by atoms with E-state index in [-0.39, 0.29) is 5.97 Å². The van der Waals surface area contributed by atoms with Crippen molar-refractivity contribution in [2.24, 2.45) is 0 Å². The summed E-state index contributed by atoms with van der Waals surface area (Å²) in [6, 6.07) is 12.5. The Kier molecular flexibility index (Phi) is 3.78. The van der Waals surface area contributed by atoms with Gasteiger partial charge < -0.3 is 4.74 Å². The first-order valence-corrected chi connectivity index (χ1v) is 7.55. The maximum atomic E-state index is 11.3. The predicted octanol–water partition coefficient (Wildman–Crippen LogP) is 4.47. The molecular formula is C19H20O2. The number of carbonyl (C=O) groups excluding carboxylic acids is 1. The molecule has 2 aromatic carbocycles. The van der Waals surface area contributed by atoms with E-state index in [1.165, 1.54) is 47.6 Å². The van der Waals surface area contributed by atoms with Gasteiger partial charge in [0.05, 0.1) is 0 Å². The fraction of sp³-hybridized carbons (Fsp3) is 0.316. The maximum absolute atomic E-state index is 11.3. The van der Waals surface area contributed by atoms with Gasteiger partial charge in [-0.2, -0.15) is 0 Å². The molecule has 1 aliphatic carbocycles. The second-order valence-electron chi connectivity index (χ2n) is 5.72. The van der Waals surface area contributed by atoms with E-state index in [4.69, 9.17) is 4.74 Å². The van der Waals surface area contributed by atoms with Gasteiger partial charge in [-0.05, 0) is 72.6 Å². The fourth-order valence-corrected chi connectivity index (χ4v) is 3.18. The first-order chi connectivity index (χ1) is 10.1. The van der Waals surface area contributed by atoms with E-state index >= 15 is 0 Å². The van der Waals surface area contributed by atoms with Crippen molar-refractivity contribution in [3.05, 3.63) is 53.1 Å². The van der Waals surface area contributed by atoms with Gasteiger partial charge in [0.1, 0.15) is 5.75 Å². The molecule has 0 aromatic heterocycles. The van der Waals surface area contributed by atoms with Crippen molar-refractivity contribution >= 4 is 5.97 Å². The van der Waals surface area contributed by atoms with E-state index in [1.54, 1.807) is 0 Å². The van der Waals surface area contributed by atoms with Crippen LogP contribution < -0.4 is 4.74 Å². The molecule has 0 bridgehead atoms. The molecule has 2 aromatic rings. The van der Waals surface area contributed by atoms with Crippen molar-refractivity contribution in [1.29, 1.82) is 0 Å². The average Bonchev–Trinajstić information content (AvgIpc) is 2.46. The summed E-state index contributed by atoms with van der Waals surface area (Å²) in [6.07, 6.45) is 4.63. The molecular weight excluding hydrogens is 260 g/mol. The van der Waals surface area contributed by atoms with Crippen LogP contribution in [0.15, 0.2) is 36.4 Å². The second kappa shape index (κ2) is 5.72. The fourth-order valence-electron chi connectivity index (χ4n) is 3.18. The normalized spacial score (nSPS) is 13.6. The Bertz CT molecular complexity index is 686. The predicted molar refractivity (Wildman–Crippen MR) is 84.6 cm³/mol. The molecule has 0 saturated heterocycles. The van der Waals surface area contributed by atoms with Crippen LogP contribution in [-0.4, -0.2) is 5.97 Å². The number of aryl methyl sites for hydroxylation is 2. The zero-order chi connectivity index (χ0) is 14.8. The van der Waals surface area contributed by atoms with Crippen molar-refractivity contribution in [2.75, 3.05) is 0 Å². The molecule has 0 saturated carbocycles. The average molecular weight is 280 g/mol. The van der Waals surface area contributed by atoms with E-state index in [1.807, 2.05) is 12.1 Å². The maximum Gasteiger partial charge on any atom is 0.308 e. The highest BCUT2D eigenvalue weighted by Crippen LogP contribution is 2.36. The van der Waals surface area contributed by atoms with E-state index in [2.05, 4.69) is 31.2 Å². The third kappa shape index (κ3) is 2.85. The molecule has 0 unspecified atom stereocenters. The third-order valence-electron chi connectivity index (χ3n) is 4.14. The van der Waals surface area contributed by atoms with Crippen molar-refractivity contribution in [2.45, 2.75) is 39.5 Å². The van der Waals surface area contributed by atoms with Crippen LogP contribution >= 0.6 is 0 Å². The monoisotopic (exact) mass is 280 g/mol. The van der Waals surface area contributed by atoms with Crippen LogP contribution in [0.3, 0.4) is 0 Å². The Balaban J connectivity index is 2.17. The number of esters is 1. The minimum absolute atomic E-state index is 0.263. The van der Waals surface area contributed by atoms with Crippen LogP contribution in [0.5, 0.6) is 5.75 Å². The SMILES string of the molecule is CC(=O)Oc1cc2c(c(-c3ccccc3C)c1)CCCC2. The van der Waals surface area contributed by atoms with Gasteiger partial charge in [0, 0.05) is 6.92 Å². The van der Waals surface area contributed by atoms with Crippen LogP contribution in [0.2, 0.25) is 0 Å². The zero-order valence-electron chi connectivity index (χ0n) is 12.6. The summed E-state index contributed by atoms with van der Waals surface area (Å²) in [5, 5.41) is 0. The van der Waals surface area contributed by atoms with Gasteiger partial charge in [-0.3, -0.25) is 4.79 Å². The summed E-state index contributed by atoms with van der Waals surface area (Å²) in [5.41, 5.74) is 6.47. The highest BCUT2D eigenvalue weighted by molar-refractivity contribution is 5.76. The molecule has 0 amide bonds. The van der Waals surface area contributed by atoms with Crippen molar-refractivity contribution in [3.8, 4) is 16.9 Å². The number of hydrogen-bond donors (Lipinski definition) is 0. The molecule has 0 atom stereocenters. The largest absolute Gasteiger partial charge is 0.427 e. The van der Waals surface area contributed by atoms with Gasteiger partial charge >= 0.3 is 5.97 Å². The van der Waals surface area contributed by atoms with E-state index in [0.717, 1.165) is 12.8 Å². The summed E-state index contributed by atoms with van der Waals surface area (Å²) >= 11 is 0. The molecule has 0 radical (unpaired) electrons. The minimum Gasteiger partial charge on any atom is -0.427 e. The molecule has 108 valence electrons. The van der Waals surface area contributed by atoms with Gasteiger partial charge in [0.2, 0.25) is 0 Å². The molecule has 0 aliphatic heterocycles. The minimum atomic E-state index is -0.263. The molecule has 2 heteroatoms. The van der Waals surface area contributed by atoms with E-state index in [9.17, 15) is 4.79 Å². The summed E-state index contributed by atoms with van der Waals surface area (Å²) in [6.45, 7) is 3.58. The smallest absolute Gasteiger partial charge is 0.308 e. The van der Waals surface area contributed by atoms with Crippen molar-refractivity contribution < 1.29 is 9.53 Å². The lowest BCUT2D eigenvalue weighted by Gasteiger charge is -2.21. The molecule has 0 fully saturated rings. The third-order valence-corrected chi connectivity index (χ3v) is 4.14. The molecule has 21 heavy (non-hydrogen) atoms. The molecule has 0 spiro atoms. The molecule has 3 rings (SSSR count). The molecule has 1 aliphatic rings. The second-order valence-corrected chi connectivity index (χ2v) is 5.72. The Morgan fingerprint density at radius 3 is 2.57 bits per heavy atom. The Labute approximate surface area is 125 Å². The highest BCUT2D eigenvalue weighted by atomic mass is 16.5. The number of ether oxygens (including phenoxy) is 1. The summed E-state index contributed by atoms with van der Waals surface area (Å²) < 4.78 is 5.34. The number of fused-ring (bicyclic) bond motifs is 1. The van der Waals surface area contributed by atoms with Gasteiger partial charge in [0.25, 0.3) is 0 Å². The van der Waals surface area contributed by atoms with Crippen LogP contribution in [0.25, 0.3) is 11.1 Å². The van der Waals surface area contributed by atoms with Crippen LogP contribution in [0.4, 0.5) is 0 Å². The molecule has 0 N–H and O–H groups in total. The lowest BCUT2D eigenvalue weighted by molar-refractivity contribution is -0.131. The number of rotatable bonds is 2. The Hall–Kier alpha value is -2.09. The van der Waals surface area contributed by atoms with Crippen LogP contribution in [-0.2, 0) is 17.6 Å². The summed E-state index contributed by atoms with van der Waals surface area (Å²) in [7, 11) is 0. The molecule has 2 nitrogen and oxygen atoms in total. The Morgan fingerprint density at radius 1 is 1.05 bits per heavy atom. The molecule has 0 heterocycles. The van der Waals surface area contributed by atoms with Gasteiger partial charge in [-0.15, -0.1) is 0 Å². The number of hydrogen-bond acceptors (Lipinski definition) is 2. The lowest BCUT2D eigenvalue weighted by Crippen LogP contribution is -2.08. The number of benzene rings is 2. The lowest BCUT2D eigenvalue weighted by atomic mass is 9.84. The van der Waals surface area contributed by atoms with Gasteiger partial charge in [0.15, 0.2) is 0 Å². The van der Waals surface area contributed by atoms with Gasteiger partial charge in [-0.1, -0.05) is 24.3 Å². The first-order valence-electron chi connectivity index (χ1n) is 7.55. The van der Waals surface area contributed by atoms with Crippen LogP contribution in [0, 0.1) is 6.92 Å². The van der Waals surface area contributed by atoms with Crippen LogP contribution in [0.1, 0.15) is 36.5 Å².